The first-order chi connectivity index (χ1) is 17.7. The summed E-state index contributed by atoms with van der Waals surface area (Å²) in [5, 5.41) is 11.8. The molecule has 0 unspecified atom stereocenters. The summed E-state index contributed by atoms with van der Waals surface area (Å²) in [7, 11) is -1.60. The third-order valence-corrected chi connectivity index (χ3v) is 6.97. The summed E-state index contributed by atoms with van der Waals surface area (Å²) in [5.74, 6) is 1.15. The van der Waals surface area contributed by atoms with Crippen molar-refractivity contribution in [1.82, 2.24) is 24.8 Å². The first kappa shape index (κ1) is 25.1. The fourth-order valence-corrected chi connectivity index (χ4v) is 4.85. The van der Waals surface area contributed by atoms with Gasteiger partial charge in [0.1, 0.15) is 10.8 Å². The Bertz CT molecular complexity index is 1540. The van der Waals surface area contributed by atoms with Crippen LogP contribution in [0.25, 0.3) is 11.0 Å². The summed E-state index contributed by atoms with van der Waals surface area (Å²) in [6.07, 6.45) is 3.28. The first-order valence-electron chi connectivity index (χ1n) is 11.6. The van der Waals surface area contributed by atoms with Crippen molar-refractivity contribution < 1.29 is 8.42 Å². The number of para-hydroxylation sites is 1. The molecule has 0 aliphatic carbocycles. The van der Waals surface area contributed by atoms with Crippen LogP contribution in [-0.2, 0) is 15.8 Å². The number of anilines is 5. The molecule has 1 saturated heterocycles. The van der Waals surface area contributed by atoms with E-state index in [1.807, 2.05) is 24.4 Å². The summed E-state index contributed by atoms with van der Waals surface area (Å²) in [5.41, 5.74) is 3.30. The topological polar surface area (TPSA) is 142 Å². The zero-order chi connectivity index (χ0) is 26.0. The van der Waals surface area contributed by atoms with Crippen LogP contribution >= 0.6 is 11.6 Å². The van der Waals surface area contributed by atoms with E-state index in [0.717, 1.165) is 48.7 Å². The Labute approximate surface area is 219 Å². The van der Waals surface area contributed by atoms with Gasteiger partial charge in [0, 0.05) is 37.6 Å². The van der Waals surface area contributed by atoms with Crippen molar-refractivity contribution in [1.29, 1.82) is 0 Å². The number of aromatic nitrogens is 4. The maximum atomic E-state index is 11.6. The fourth-order valence-electron chi connectivity index (χ4n) is 4.02. The van der Waals surface area contributed by atoms with Crippen molar-refractivity contribution in [3.05, 3.63) is 65.4 Å². The Hall–Kier alpha value is -3.58. The van der Waals surface area contributed by atoms with E-state index in [4.69, 9.17) is 21.7 Å². The number of hydrogen-bond acceptors (Lipinski definition) is 10. The lowest BCUT2D eigenvalue weighted by Crippen LogP contribution is -2.44. The number of nitrogens with two attached hydrogens (primary N) is 1. The fraction of sp³-hybridized carbons (Fsp3) is 0.250. The monoisotopic (exact) mass is 539 g/mol. The zero-order valence-electron chi connectivity index (χ0n) is 20.1. The molecular formula is C24H26ClN9O2S. The number of piperazine rings is 1. The van der Waals surface area contributed by atoms with Crippen molar-refractivity contribution in [2.24, 2.45) is 5.14 Å². The molecule has 13 heteroatoms. The average molecular weight is 540 g/mol. The SMILES string of the molecule is CN1CCN(c2cnc3ccc(Nc4ncc(Cl)c(Nc5ccccc5CS(N)(=O)=O)n4)cc3n2)CC1. The maximum Gasteiger partial charge on any atom is 0.229 e. The van der Waals surface area contributed by atoms with E-state index in [9.17, 15) is 8.42 Å². The molecule has 1 aliphatic rings. The van der Waals surface area contributed by atoms with Gasteiger partial charge in [-0.15, -0.1) is 0 Å². The summed E-state index contributed by atoms with van der Waals surface area (Å²) in [6, 6.07) is 12.6. The average Bonchev–Trinajstić information content (AvgIpc) is 2.86. The van der Waals surface area contributed by atoms with Crippen molar-refractivity contribution in [2.45, 2.75) is 5.75 Å². The van der Waals surface area contributed by atoms with Gasteiger partial charge < -0.3 is 20.4 Å². The van der Waals surface area contributed by atoms with E-state index in [-0.39, 0.29) is 10.8 Å². The lowest BCUT2D eigenvalue weighted by Gasteiger charge is -2.33. The van der Waals surface area contributed by atoms with Gasteiger partial charge in [0.15, 0.2) is 5.82 Å². The molecule has 37 heavy (non-hydrogen) atoms. The summed E-state index contributed by atoms with van der Waals surface area (Å²) < 4.78 is 23.2. The largest absolute Gasteiger partial charge is 0.353 e. The molecule has 0 spiro atoms. The molecule has 4 aromatic rings. The smallest absolute Gasteiger partial charge is 0.229 e. The van der Waals surface area contributed by atoms with Crippen LogP contribution < -0.4 is 20.7 Å². The summed E-state index contributed by atoms with van der Waals surface area (Å²) >= 11 is 6.33. The van der Waals surface area contributed by atoms with Crippen LogP contribution in [0, 0.1) is 0 Å². The Morgan fingerprint density at radius 1 is 0.973 bits per heavy atom. The van der Waals surface area contributed by atoms with Crippen LogP contribution in [0.5, 0.6) is 0 Å². The number of nitrogens with zero attached hydrogens (tertiary/aromatic N) is 6. The van der Waals surface area contributed by atoms with E-state index >= 15 is 0 Å². The molecule has 0 radical (unpaired) electrons. The Morgan fingerprint density at radius 2 is 1.76 bits per heavy atom. The van der Waals surface area contributed by atoms with Gasteiger partial charge >= 0.3 is 0 Å². The molecular weight excluding hydrogens is 514 g/mol. The van der Waals surface area contributed by atoms with Gasteiger partial charge in [-0.2, -0.15) is 4.98 Å². The minimum Gasteiger partial charge on any atom is -0.353 e. The number of fused-ring (bicyclic) bond motifs is 1. The third kappa shape index (κ3) is 6.23. The molecule has 1 aliphatic heterocycles. The van der Waals surface area contributed by atoms with Crippen LogP contribution in [-0.4, -0.2) is 66.5 Å². The normalized spacial score (nSPS) is 14.6. The van der Waals surface area contributed by atoms with E-state index in [1.54, 1.807) is 24.3 Å². The quantitative estimate of drug-likeness (QED) is 0.320. The van der Waals surface area contributed by atoms with Crippen molar-refractivity contribution >= 4 is 61.6 Å². The molecule has 1 fully saturated rings. The molecule has 0 atom stereocenters. The third-order valence-electron chi connectivity index (χ3n) is 5.98. The maximum absolute atomic E-state index is 11.6. The molecule has 192 valence electrons. The number of hydrogen-bond donors (Lipinski definition) is 3. The van der Waals surface area contributed by atoms with E-state index in [0.29, 0.717) is 23.0 Å². The predicted octanol–water partition coefficient (Wildman–Crippen LogP) is 3.10. The second kappa shape index (κ2) is 10.4. The van der Waals surface area contributed by atoms with Crippen LogP contribution in [0.3, 0.4) is 0 Å². The van der Waals surface area contributed by atoms with Crippen LogP contribution in [0.1, 0.15) is 5.56 Å². The van der Waals surface area contributed by atoms with Gasteiger partial charge in [0.05, 0.1) is 29.2 Å². The zero-order valence-corrected chi connectivity index (χ0v) is 21.7. The molecule has 2 aromatic heterocycles. The number of sulfonamides is 1. The molecule has 2 aromatic carbocycles. The van der Waals surface area contributed by atoms with Gasteiger partial charge in [-0.25, -0.2) is 23.5 Å². The van der Waals surface area contributed by atoms with Crippen LogP contribution in [0.2, 0.25) is 5.02 Å². The van der Waals surface area contributed by atoms with Gasteiger partial charge in [-0.1, -0.05) is 29.8 Å². The number of likely N-dealkylation sites (N-methyl/N-ethyl adjacent to an activating group) is 1. The van der Waals surface area contributed by atoms with Crippen molar-refractivity contribution in [2.75, 3.05) is 48.8 Å². The minimum absolute atomic E-state index is 0.275. The van der Waals surface area contributed by atoms with E-state index in [1.165, 1.54) is 6.20 Å². The predicted molar refractivity (Wildman–Crippen MR) is 146 cm³/mol. The Balaban J connectivity index is 1.37. The molecule has 0 saturated carbocycles. The van der Waals surface area contributed by atoms with Gasteiger partial charge in [0.25, 0.3) is 0 Å². The van der Waals surface area contributed by atoms with E-state index < -0.39 is 10.0 Å². The molecule has 4 N–H and O–H groups in total. The first-order valence-corrected chi connectivity index (χ1v) is 13.7. The number of halogens is 1. The standard InChI is InChI=1S/C24H26ClN9O2S/c1-33-8-10-34(11-9-33)22-14-27-20-7-6-17(12-21(20)30-22)29-24-28-13-18(25)23(32-24)31-19-5-3-2-4-16(19)15-37(26,35)36/h2-7,12-14H,8-11,15H2,1H3,(H2,26,35,36)(H2,28,29,31,32). The highest BCUT2D eigenvalue weighted by Gasteiger charge is 2.16. The second-order valence-corrected chi connectivity index (χ2v) is 10.8. The van der Waals surface area contributed by atoms with Gasteiger partial charge in [0.2, 0.25) is 16.0 Å². The number of primary sulfonamides is 1. The van der Waals surface area contributed by atoms with E-state index in [2.05, 4.69) is 42.4 Å². The van der Waals surface area contributed by atoms with Crippen LogP contribution in [0.4, 0.5) is 29.0 Å². The summed E-state index contributed by atoms with van der Waals surface area (Å²) in [6.45, 7) is 3.78. The lowest BCUT2D eigenvalue weighted by molar-refractivity contribution is 0.312. The minimum atomic E-state index is -3.72. The van der Waals surface area contributed by atoms with Gasteiger partial charge in [-0.3, -0.25) is 4.98 Å². The molecule has 0 bridgehead atoms. The van der Waals surface area contributed by atoms with Crippen molar-refractivity contribution in [3.63, 3.8) is 0 Å². The highest BCUT2D eigenvalue weighted by atomic mass is 35.5. The highest BCUT2D eigenvalue weighted by Crippen LogP contribution is 2.28. The summed E-state index contributed by atoms with van der Waals surface area (Å²) in [4.78, 5) is 22.7. The lowest BCUT2D eigenvalue weighted by atomic mass is 10.2. The Kier molecular flexibility index (Phi) is 7.07. The molecule has 0 amide bonds. The van der Waals surface area contributed by atoms with Gasteiger partial charge in [-0.05, 0) is 36.9 Å². The highest BCUT2D eigenvalue weighted by molar-refractivity contribution is 7.88. The molecule has 5 rings (SSSR count). The molecule has 11 nitrogen and oxygen atoms in total. The number of rotatable bonds is 7. The number of nitrogens with one attached hydrogen (secondary N) is 2. The number of benzene rings is 2. The van der Waals surface area contributed by atoms with Crippen LogP contribution in [0.15, 0.2) is 54.9 Å². The van der Waals surface area contributed by atoms with Crippen molar-refractivity contribution in [3.8, 4) is 0 Å². The second-order valence-electron chi connectivity index (χ2n) is 8.83. The Morgan fingerprint density at radius 3 is 2.54 bits per heavy atom. The molecule has 3 heterocycles.